The number of ketones is 1. The second kappa shape index (κ2) is 6.55. The first kappa shape index (κ1) is 13.1. The maximum Gasteiger partial charge on any atom is 0.176 e. The van der Waals surface area contributed by atoms with Crippen LogP contribution in [0, 0.1) is 0 Å². The average molecular weight is 247 g/mol. The van der Waals surface area contributed by atoms with Crippen LogP contribution in [0.3, 0.4) is 0 Å². The molecule has 1 aliphatic heterocycles. The molecule has 0 unspecified atom stereocenters. The number of rotatable bonds is 4. The van der Waals surface area contributed by atoms with Crippen molar-refractivity contribution in [2.45, 2.75) is 25.7 Å². The zero-order chi connectivity index (χ0) is 12.8. The van der Waals surface area contributed by atoms with E-state index in [2.05, 4.69) is 4.90 Å². The molecule has 2 rings (SSSR count). The van der Waals surface area contributed by atoms with Crippen LogP contribution in [-0.2, 0) is 0 Å². The number of likely N-dealkylation sites (tertiary alicyclic amines) is 1. The summed E-state index contributed by atoms with van der Waals surface area (Å²) in [7, 11) is 1.62. The number of ether oxygens (including phenoxy) is 1. The summed E-state index contributed by atoms with van der Waals surface area (Å²) in [6, 6.07) is 7.42. The molecule has 0 radical (unpaired) electrons. The summed E-state index contributed by atoms with van der Waals surface area (Å²) in [6.07, 6.45) is 5.02. The number of benzene rings is 1. The monoisotopic (exact) mass is 247 g/mol. The number of methoxy groups -OCH3 is 1. The maximum atomic E-state index is 12.2. The minimum absolute atomic E-state index is 0.191. The highest BCUT2D eigenvalue weighted by atomic mass is 16.5. The van der Waals surface area contributed by atoms with Gasteiger partial charge in [-0.3, -0.25) is 9.69 Å². The SMILES string of the molecule is COc1cccc(C(=O)CN2CCCCCC2)c1. The number of nitrogens with zero attached hydrogens (tertiary/aromatic N) is 1. The van der Waals surface area contributed by atoms with Gasteiger partial charge in [0.15, 0.2) is 5.78 Å². The Morgan fingerprint density at radius 3 is 2.61 bits per heavy atom. The van der Waals surface area contributed by atoms with Crippen molar-refractivity contribution in [2.75, 3.05) is 26.7 Å². The Hall–Kier alpha value is -1.35. The highest BCUT2D eigenvalue weighted by Crippen LogP contribution is 2.15. The van der Waals surface area contributed by atoms with Gasteiger partial charge in [-0.25, -0.2) is 0 Å². The van der Waals surface area contributed by atoms with Crippen molar-refractivity contribution >= 4 is 5.78 Å². The summed E-state index contributed by atoms with van der Waals surface area (Å²) in [5.41, 5.74) is 0.749. The summed E-state index contributed by atoms with van der Waals surface area (Å²) < 4.78 is 5.15. The molecule has 0 aliphatic carbocycles. The number of carbonyl (C=O) groups is 1. The summed E-state index contributed by atoms with van der Waals surface area (Å²) >= 11 is 0. The Balaban J connectivity index is 1.97. The van der Waals surface area contributed by atoms with E-state index in [9.17, 15) is 4.79 Å². The molecule has 0 amide bonds. The zero-order valence-electron chi connectivity index (χ0n) is 11.0. The minimum atomic E-state index is 0.191. The lowest BCUT2D eigenvalue weighted by Gasteiger charge is -2.18. The summed E-state index contributed by atoms with van der Waals surface area (Å²) in [5, 5.41) is 0. The molecule has 0 spiro atoms. The van der Waals surface area contributed by atoms with Gasteiger partial charge in [-0.05, 0) is 38.1 Å². The Morgan fingerprint density at radius 2 is 1.94 bits per heavy atom. The van der Waals surface area contributed by atoms with Gasteiger partial charge in [-0.1, -0.05) is 25.0 Å². The molecule has 3 nitrogen and oxygen atoms in total. The molecular weight excluding hydrogens is 226 g/mol. The second-order valence-corrected chi connectivity index (χ2v) is 4.85. The van der Waals surface area contributed by atoms with E-state index < -0.39 is 0 Å². The van der Waals surface area contributed by atoms with Gasteiger partial charge in [0.05, 0.1) is 13.7 Å². The molecule has 1 saturated heterocycles. The summed E-state index contributed by atoms with van der Waals surface area (Å²) in [4.78, 5) is 14.5. The quantitative estimate of drug-likeness (QED) is 0.766. The zero-order valence-corrected chi connectivity index (χ0v) is 11.0. The van der Waals surface area contributed by atoms with Crippen molar-refractivity contribution in [1.82, 2.24) is 4.90 Å². The van der Waals surface area contributed by atoms with E-state index in [1.165, 1.54) is 25.7 Å². The third kappa shape index (κ3) is 3.57. The molecule has 0 saturated carbocycles. The Bertz CT molecular complexity index is 395. The van der Waals surface area contributed by atoms with E-state index >= 15 is 0 Å². The number of hydrogen-bond donors (Lipinski definition) is 0. The fourth-order valence-corrected chi connectivity index (χ4v) is 2.39. The predicted molar refractivity (Wildman–Crippen MR) is 72.2 cm³/mol. The third-order valence-electron chi connectivity index (χ3n) is 3.46. The van der Waals surface area contributed by atoms with Gasteiger partial charge in [-0.2, -0.15) is 0 Å². The van der Waals surface area contributed by atoms with Gasteiger partial charge in [0.25, 0.3) is 0 Å². The number of carbonyl (C=O) groups excluding carboxylic acids is 1. The van der Waals surface area contributed by atoms with E-state index in [0.717, 1.165) is 24.4 Å². The largest absolute Gasteiger partial charge is 0.497 e. The normalized spacial score (nSPS) is 17.2. The van der Waals surface area contributed by atoms with Crippen LogP contribution in [0.4, 0.5) is 0 Å². The van der Waals surface area contributed by atoms with Crippen molar-refractivity contribution in [2.24, 2.45) is 0 Å². The van der Waals surface area contributed by atoms with E-state index in [0.29, 0.717) is 6.54 Å². The number of hydrogen-bond acceptors (Lipinski definition) is 3. The van der Waals surface area contributed by atoms with E-state index in [4.69, 9.17) is 4.74 Å². The molecule has 98 valence electrons. The van der Waals surface area contributed by atoms with Crippen molar-refractivity contribution < 1.29 is 9.53 Å². The van der Waals surface area contributed by atoms with Gasteiger partial charge < -0.3 is 4.74 Å². The van der Waals surface area contributed by atoms with Crippen molar-refractivity contribution in [3.63, 3.8) is 0 Å². The van der Waals surface area contributed by atoms with Crippen LogP contribution in [0.1, 0.15) is 36.0 Å². The molecule has 1 fully saturated rings. The molecule has 0 aromatic heterocycles. The van der Waals surface area contributed by atoms with E-state index in [-0.39, 0.29) is 5.78 Å². The maximum absolute atomic E-state index is 12.2. The standard InChI is InChI=1S/C15H21NO2/c1-18-14-8-6-7-13(11-14)15(17)12-16-9-4-2-3-5-10-16/h6-8,11H,2-5,9-10,12H2,1H3. The van der Waals surface area contributed by atoms with E-state index in [1.807, 2.05) is 24.3 Å². The van der Waals surface area contributed by atoms with Gasteiger partial charge in [0, 0.05) is 5.56 Å². The van der Waals surface area contributed by atoms with Crippen molar-refractivity contribution in [3.8, 4) is 5.75 Å². The first-order valence-corrected chi connectivity index (χ1v) is 6.69. The van der Waals surface area contributed by atoms with Crippen molar-refractivity contribution in [1.29, 1.82) is 0 Å². The van der Waals surface area contributed by atoms with Crippen LogP contribution in [0.5, 0.6) is 5.75 Å². The lowest BCUT2D eigenvalue weighted by Crippen LogP contribution is -2.30. The highest BCUT2D eigenvalue weighted by Gasteiger charge is 2.14. The molecule has 18 heavy (non-hydrogen) atoms. The van der Waals surface area contributed by atoms with Gasteiger partial charge >= 0.3 is 0 Å². The molecule has 1 aromatic carbocycles. The van der Waals surface area contributed by atoms with Crippen LogP contribution in [-0.4, -0.2) is 37.4 Å². The molecule has 0 atom stereocenters. The molecule has 3 heteroatoms. The molecular formula is C15H21NO2. The topological polar surface area (TPSA) is 29.5 Å². The smallest absolute Gasteiger partial charge is 0.176 e. The van der Waals surface area contributed by atoms with Crippen LogP contribution >= 0.6 is 0 Å². The second-order valence-electron chi connectivity index (χ2n) is 4.85. The van der Waals surface area contributed by atoms with Gasteiger partial charge in [0.2, 0.25) is 0 Å². The Labute approximate surface area is 109 Å². The first-order valence-electron chi connectivity index (χ1n) is 6.69. The third-order valence-corrected chi connectivity index (χ3v) is 3.46. The minimum Gasteiger partial charge on any atom is -0.497 e. The van der Waals surface area contributed by atoms with Gasteiger partial charge in [-0.15, -0.1) is 0 Å². The van der Waals surface area contributed by atoms with Crippen LogP contribution in [0.15, 0.2) is 24.3 Å². The van der Waals surface area contributed by atoms with Crippen LogP contribution in [0.2, 0.25) is 0 Å². The fraction of sp³-hybridized carbons (Fsp3) is 0.533. The number of Topliss-reactive ketones (excluding diaryl/α,β-unsaturated/α-hetero) is 1. The molecule has 0 bridgehead atoms. The van der Waals surface area contributed by atoms with Crippen LogP contribution in [0.25, 0.3) is 0 Å². The van der Waals surface area contributed by atoms with Crippen molar-refractivity contribution in [3.05, 3.63) is 29.8 Å². The lowest BCUT2D eigenvalue weighted by atomic mass is 10.1. The Morgan fingerprint density at radius 1 is 1.22 bits per heavy atom. The average Bonchev–Trinajstić information content (AvgIpc) is 2.67. The molecule has 1 aliphatic rings. The summed E-state index contributed by atoms with van der Waals surface area (Å²) in [6.45, 7) is 2.64. The lowest BCUT2D eigenvalue weighted by molar-refractivity contribution is 0.0932. The molecule has 1 aromatic rings. The molecule has 0 N–H and O–H groups in total. The highest BCUT2D eigenvalue weighted by molar-refractivity contribution is 5.97. The van der Waals surface area contributed by atoms with Gasteiger partial charge in [0.1, 0.15) is 5.75 Å². The van der Waals surface area contributed by atoms with Crippen LogP contribution < -0.4 is 4.74 Å². The predicted octanol–water partition coefficient (Wildman–Crippen LogP) is 2.75. The Kier molecular flexibility index (Phi) is 4.76. The summed E-state index contributed by atoms with van der Waals surface area (Å²) in [5.74, 6) is 0.938. The molecule has 1 heterocycles. The first-order chi connectivity index (χ1) is 8.79. The fourth-order valence-electron chi connectivity index (χ4n) is 2.39. The van der Waals surface area contributed by atoms with E-state index in [1.54, 1.807) is 7.11 Å².